The van der Waals surface area contributed by atoms with E-state index in [2.05, 4.69) is 25.2 Å². The van der Waals surface area contributed by atoms with Gasteiger partial charge in [0.2, 0.25) is 5.91 Å². The van der Waals surface area contributed by atoms with E-state index in [1.165, 1.54) is 5.56 Å². The summed E-state index contributed by atoms with van der Waals surface area (Å²) in [6.45, 7) is 4.37. The number of benzene rings is 1. The highest BCUT2D eigenvalue weighted by Crippen LogP contribution is 2.41. The maximum Gasteiger partial charge on any atom is 0.244 e. The van der Waals surface area contributed by atoms with E-state index in [9.17, 15) is 4.79 Å². The summed E-state index contributed by atoms with van der Waals surface area (Å²) in [5.41, 5.74) is 1.27. The number of hydrogen-bond acceptors (Lipinski definition) is 2. The molecule has 0 bridgehead atoms. The Kier molecular flexibility index (Phi) is 3.90. The van der Waals surface area contributed by atoms with Gasteiger partial charge in [0.15, 0.2) is 0 Å². The summed E-state index contributed by atoms with van der Waals surface area (Å²) < 4.78 is 0. The number of hydrogen-bond donors (Lipinski definition) is 1. The molecule has 0 spiro atoms. The van der Waals surface area contributed by atoms with Crippen molar-refractivity contribution in [3.63, 3.8) is 0 Å². The maximum absolute atomic E-state index is 12.1. The second kappa shape index (κ2) is 5.44. The molecule has 0 saturated heterocycles. The minimum atomic E-state index is -0.781. The second-order valence-electron chi connectivity index (χ2n) is 5.80. The fourth-order valence-corrected chi connectivity index (χ4v) is 2.37. The van der Waals surface area contributed by atoms with Gasteiger partial charge in [-0.25, -0.2) is 0 Å². The van der Waals surface area contributed by atoms with E-state index < -0.39 is 5.41 Å². The van der Waals surface area contributed by atoms with E-state index in [0.29, 0.717) is 18.8 Å². The van der Waals surface area contributed by atoms with Crippen LogP contribution in [0, 0.1) is 22.7 Å². The zero-order chi connectivity index (χ0) is 13.9. The lowest BCUT2D eigenvalue weighted by molar-refractivity contribution is -0.126. The van der Waals surface area contributed by atoms with Crippen LogP contribution in [0.3, 0.4) is 0 Å². The van der Waals surface area contributed by atoms with Crippen LogP contribution in [0.4, 0.5) is 5.69 Å². The van der Waals surface area contributed by atoms with Crippen LogP contribution in [-0.2, 0) is 11.2 Å². The van der Waals surface area contributed by atoms with Crippen LogP contribution in [0.2, 0.25) is 0 Å². The molecule has 0 aromatic heterocycles. The zero-order valence-corrected chi connectivity index (χ0v) is 11.6. The second-order valence-corrected chi connectivity index (χ2v) is 5.80. The van der Waals surface area contributed by atoms with Crippen LogP contribution >= 0.6 is 0 Å². The molecule has 3 nitrogen and oxygen atoms in total. The van der Waals surface area contributed by atoms with Crippen molar-refractivity contribution >= 4 is 11.6 Å². The van der Waals surface area contributed by atoms with Gasteiger partial charge in [0.05, 0.1) is 6.07 Å². The molecule has 0 heterocycles. The average Bonchev–Trinajstić information content (AvgIpc) is 2.30. The van der Waals surface area contributed by atoms with Crippen molar-refractivity contribution in [3.05, 3.63) is 29.8 Å². The molecule has 1 N–H and O–H groups in total. The lowest BCUT2D eigenvalue weighted by Gasteiger charge is -2.33. The molecule has 1 saturated carbocycles. The molecule has 19 heavy (non-hydrogen) atoms. The summed E-state index contributed by atoms with van der Waals surface area (Å²) in [5.74, 6) is 0.468. The van der Waals surface area contributed by atoms with Gasteiger partial charge in [0.1, 0.15) is 5.41 Å². The van der Waals surface area contributed by atoms with Crippen LogP contribution in [0.15, 0.2) is 24.3 Å². The summed E-state index contributed by atoms with van der Waals surface area (Å²) in [5, 5.41) is 12.0. The van der Waals surface area contributed by atoms with Crippen molar-refractivity contribution in [2.75, 3.05) is 5.32 Å². The van der Waals surface area contributed by atoms with Crippen LogP contribution < -0.4 is 5.32 Å². The summed E-state index contributed by atoms with van der Waals surface area (Å²) in [6.07, 6.45) is 3.37. The molecule has 0 aliphatic heterocycles. The Morgan fingerprint density at radius 2 is 2.00 bits per heavy atom. The third-order valence-electron chi connectivity index (χ3n) is 3.71. The molecule has 0 radical (unpaired) electrons. The number of nitrogens with zero attached hydrogens (tertiary/aromatic N) is 1. The number of nitrogens with one attached hydrogen (secondary N) is 1. The standard InChI is InChI=1S/C16H20N2O/c1-12(2)10-13-4-6-14(7-5-13)18-15(19)16(11-17)8-3-9-16/h4-7,12H,3,8-10H2,1-2H3,(H,18,19). The Labute approximate surface area is 114 Å². The van der Waals surface area contributed by atoms with Crippen molar-refractivity contribution in [1.29, 1.82) is 5.26 Å². The van der Waals surface area contributed by atoms with Gasteiger partial charge in [0.25, 0.3) is 0 Å². The van der Waals surface area contributed by atoms with Gasteiger partial charge >= 0.3 is 0 Å². The Balaban J connectivity index is 2.00. The van der Waals surface area contributed by atoms with Crippen LogP contribution in [-0.4, -0.2) is 5.91 Å². The summed E-state index contributed by atoms with van der Waals surface area (Å²) >= 11 is 0. The van der Waals surface area contributed by atoms with E-state index >= 15 is 0 Å². The highest BCUT2D eigenvalue weighted by atomic mass is 16.2. The normalized spacial score (nSPS) is 16.5. The Morgan fingerprint density at radius 3 is 2.42 bits per heavy atom. The fraction of sp³-hybridized carbons (Fsp3) is 0.500. The molecule has 1 aliphatic carbocycles. The number of amides is 1. The van der Waals surface area contributed by atoms with Gasteiger partial charge in [-0.15, -0.1) is 0 Å². The van der Waals surface area contributed by atoms with Crippen molar-refractivity contribution in [1.82, 2.24) is 0 Å². The van der Waals surface area contributed by atoms with Gasteiger partial charge in [-0.1, -0.05) is 26.0 Å². The first-order chi connectivity index (χ1) is 9.05. The van der Waals surface area contributed by atoms with Crippen LogP contribution in [0.25, 0.3) is 0 Å². The van der Waals surface area contributed by atoms with Crippen LogP contribution in [0.5, 0.6) is 0 Å². The molecule has 1 aromatic carbocycles. The van der Waals surface area contributed by atoms with Crippen molar-refractivity contribution < 1.29 is 4.79 Å². The van der Waals surface area contributed by atoms with Crippen molar-refractivity contribution in [3.8, 4) is 6.07 Å². The predicted octanol–water partition coefficient (Wildman–Crippen LogP) is 3.52. The van der Waals surface area contributed by atoms with Crippen molar-refractivity contribution in [2.24, 2.45) is 11.3 Å². The zero-order valence-electron chi connectivity index (χ0n) is 11.6. The van der Waals surface area contributed by atoms with E-state index in [-0.39, 0.29) is 5.91 Å². The van der Waals surface area contributed by atoms with Gasteiger partial charge in [-0.2, -0.15) is 5.26 Å². The third-order valence-corrected chi connectivity index (χ3v) is 3.71. The fourth-order valence-electron chi connectivity index (χ4n) is 2.37. The number of carbonyl (C=O) groups excluding carboxylic acids is 1. The number of nitriles is 1. The average molecular weight is 256 g/mol. The number of anilines is 1. The van der Waals surface area contributed by atoms with E-state index in [4.69, 9.17) is 5.26 Å². The summed E-state index contributed by atoms with van der Waals surface area (Å²) in [4.78, 5) is 12.1. The predicted molar refractivity (Wildman–Crippen MR) is 75.5 cm³/mol. The molecule has 100 valence electrons. The Hall–Kier alpha value is -1.82. The Morgan fingerprint density at radius 1 is 1.37 bits per heavy atom. The van der Waals surface area contributed by atoms with E-state index in [0.717, 1.165) is 18.5 Å². The first-order valence-corrected chi connectivity index (χ1v) is 6.87. The van der Waals surface area contributed by atoms with Crippen molar-refractivity contribution in [2.45, 2.75) is 39.5 Å². The monoisotopic (exact) mass is 256 g/mol. The molecule has 0 unspecified atom stereocenters. The SMILES string of the molecule is CC(C)Cc1ccc(NC(=O)C2(C#N)CCC2)cc1. The highest BCUT2D eigenvalue weighted by Gasteiger charge is 2.44. The van der Waals surface area contributed by atoms with Crippen LogP contribution in [0.1, 0.15) is 38.7 Å². The first kappa shape index (κ1) is 13.6. The number of rotatable bonds is 4. The third kappa shape index (κ3) is 2.96. The lowest BCUT2D eigenvalue weighted by Crippen LogP contribution is -2.40. The molecular formula is C16H20N2O. The summed E-state index contributed by atoms with van der Waals surface area (Å²) in [7, 11) is 0. The van der Waals surface area contributed by atoms with Gasteiger partial charge in [-0.3, -0.25) is 4.79 Å². The van der Waals surface area contributed by atoms with Gasteiger partial charge in [0, 0.05) is 5.69 Å². The van der Waals surface area contributed by atoms with Gasteiger partial charge in [-0.05, 0) is 49.3 Å². The molecular weight excluding hydrogens is 236 g/mol. The first-order valence-electron chi connectivity index (χ1n) is 6.87. The molecule has 1 aliphatic rings. The quantitative estimate of drug-likeness (QED) is 0.896. The summed E-state index contributed by atoms with van der Waals surface area (Å²) in [6, 6.07) is 10.1. The number of carbonyl (C=O) groups is 1. The largest absolute Gasteiger partial charge is 0.325 e. The molecule has 1 fully saturated rings. The smallest absolute Gasteiger partial charge is 0.244 e. The molecule has 1 amide bonds. The molecule has 2 rings (SSSR count). The van der Waals surface area contributed by atoms with Gasteiger partial charge < -0.3 is 5.32 Å². The highest BCUT2D eigenvalue weighted by molar-refractivity contribution is 5.97. The molecule has 3 heteroatoms. The van der Waals surface area contributed by atoms with E-state index in [1.807, 2.05) is 24.3 Å². The topological polar surface area (TPSA) is 52.9 Å². The van der Waals surface area contributed by atoms with E-state index in [1.54, 1.807) is 0 Å². The minimum Gasteiger partial charge on any atom is -0.325 e. The Bertz CT molecular complexity index is 492. The molecule has 0 atom stereocenters. The molecule has 1 aromatic rings. The lowest BCUT2D eigenvalue weighted by atomic mass is 9.69. The minimum absolute atomic E-state index is 0.155. The maximum atomic E-state index is 12.1.